The van der Waals surface area contributed by atoms with Gasteiger partial charge in [0.15, 0.2) is 0 Å². The molecule has 3 nitrogen and oxygen atoms in total. The molecule has 2 N–H and O–H groups in total. The van der Waals surface area contributed by atoms with Gasteiger partial charge in [0.05, 0.1) is 23.2 Å². The molecule has 0 unspecified atom stereocenters. The molecular weight excluding hydrogens is 224 g/mol. The summed E-state index contributed by atoms with van der Waals surface area (Å²) in [5.74, 6) is 0. The fourth-order valence-corrected chi connectivity index (χ4v) is 1.41. The van der Waals surface area contributed by atoms with Gasteiger partial charge in [0, 0.05) is 6.54 Å². The number of rotatable bonds is 3. The van der Waals surface area contributed by atoms with Crippen LogP contribution in [0.5, 0.6) is 0 Å². The molecule has 0 aromatic carbocycles. The van der Waals surface area contributed by atoms with Crippen molar-refractivity contribution in [3.05, 3.63) is 28.0 Å². The van der Waals surface area contributed by atoms with Gasteiger partial charge in [0.25, 0.3) is 6.43 Å². The maximum absolute atomic E-state index is 12.4. The largest absolute Gasteiger partial charge is 0.325 e. The van der Waals surface area contributed by atoms with Gasteiger partial charge in [-0.15, -0.1) is 0 Å². The molecule has 1 heterocycles. The average Bonchev–Trinajstić information content (AvgIpc) is 2.18. The summed E-state index contributed by atoms with van der Waals surface area (Å²) in [5.41, 5.74) is 5.64. The lowest BCUT2D eigenvalue weighted by molar-refractivity contribution is 0.146. The molecule has 1 aromatic rings. The quantitative estimate of drug-likeness (QED) is 0.867. The summed E-state index contributed by atoms with van der Waals surface area (Å²) in [6, 6.07) is 3.21. The summed E-state index contributed by atoms with van der Waals surface area (Å²) in [6.45, 7) is 0.00784. The smallest absolute Gasteiger partial charge is 0.281 e. The van der Waals surface area contributed by atoms with Crippen LogP contribution >= 0.6 is 11.6 Å². The van der Waals surface area contributed by atoms with Crippen LogP contribution in [0.4, 0.5) is 8.78 Å². The zero-order chi connectivity index (χ0) is 11.4. The molecule has 6 heteroatoms. The van der Waals surface area contributed by atoms with Gasteiger partial charge < -0.3 is 5.73 Å². The summed E-state index contributed by atoms with van der Waals surface area (Å²) in [5, 5.41) is 8.37. The van der Waals surface area contributed by atoms with E-state index in [0.29, 0.717) is 5.56 Å². The first-order valence-electron chi connectivity index (χ1n) is 4.13. The van der Waals surface area contributed by atoms with E-state index in [2.05, 4.69) is 4.98 Å². The molecule has 0 aliphatic rings. The SMILES string of the molecule is N#CCc1cc(Cl)c(C(F)F)nc1CN. The highest BCUT2D eigenvalue weighted by Gasteiger charge is 2.16. The van der Waals surface area contributed by atoms with Crippen molar-refractivity contribution in [1.29, 1.82) is 5.26 Å². The van der Waals surface area contributed by atoms with Crippen LogP contribution in [-0.4, -0.2) is 4.98 Å². The molecule has 0 bridgehead atoms. The van der Waals surface area contributed by atoms with Crippen molar-refractivity contribution in [3.63, 3.8) is 0 Å². The third-order valence-electron chi connectivity index (χ3n) is 1.84. The summed E-state index contributed by atoms with van der Waals surface area (Å²) in [4.78, 5) is 3.65. The molecule has 0 atom stereocenters. The zero-order valence-corrected chi connectivity index (χ0v) is 8.43. The summed E-state index contributed by atoms with van der Waals surface area (Å²) in [7, 11) is 0. The van der Waals surface area contributed by atoms with Crippen LogP contribution < -0.4 is 5.73 Å². The molecule has 0 aliphatic carbocycles. The lowest BCUT2D eigenvalue weighted by Gasteiger charge is -2.08. The summed E-state index contributed by atoms with van der Waals surface area (Å²) >= 11 is 5.60. The maximum atomic E-state index is 12.4. The van der Waals surface area contributed by atoms with E-state index in [1.54, 1.807) is 0 Å². The number of hydrogen-bond acceptors (Lipinski definition) is 3. The predicted molar refractivity (Wildman–Crippen MR) is 51.4 cm³/mol. The Labute approximate surface area is 90.5 Å². The topological polar surface area (TPSA) is 62.7 Å². The number of aromatic nitrogens is 1. The first kappa shape index (κ1) is 11.8. The van der Waals surface area contributed by atoms with E-state index in [0.717, 1.165) is 0 Å². The van der Waals surface area contributed by atoms with Gasteiger partial charge >= 0.3 is 0 Å². The van der Waals surface area contributed by atoms with Gasteiger partial charge in [-0.3, -0.25) is 0 Å². The molecule has 0 saturated carbocycles. The molecule has 0 aliphatic heterocycles. The van der Waals surface area contributed by atoms with Crippen LogP contribution in [-0.2, 0) is 13.0 Å². The maximum Gasteiger partial charge on any atom is 0.281 e. The molecule has 0 saturated heterocycles. The van der Waals surface area contributed by atoms with Crippen LogP contribution in [0.25, 0.3) is 0 Å². The van der Waals surface area contributed by atoms with Crippen LogP contribution in [0.1, 0.15) is 23.4 Å². The Bertz CT molecular complexity index is 401. The second-order valence-corrected chi connectivity index (χ2v) is 3.21. The number of nitrogens with two attached hydrogens (primary N) is 1. The van der Waals surface area contributed by atoms with Crippen molar-refractivity contribution in [2.24, 2.45) is 5.73 Å². The van der Waals surface area contributed by atoms with E-state index in [9.17, 15) is 8.78 Å². The third kappa shape index (κ3) is 2.61. The van der Waals surface area contributed by atoms with Crippen molar-refractivity contribution in [2.45, 2.75) is 19.4 Å². The number of nitriles is 1. The Balaban J connectivity index is 3.24. The highest BCUT2D eigenvalue weighted by molar-refractivity contribution is 6.31. The minimum atomic E-state index is -2.74. The Morgan fingerprint density at radius 2 is 2.27 bits per heavy atom. The molecular formula is C9H8ClF2N3. The molecule has 0 radical (unpaired) electrons. The molecule has 0 amide bonds. The third-order valence-corrected chi connectivity index (χ3v) is 2.14. The first-order chi connectivity index (χ1) is 7.10. The standard InChI is InChI=1S/C9H8ClF2N3/c10-6-3-5(1-2-13)7(4-14)15-8(6)9(11)12/h3,9H,1,4,14H2. The second-order valence-electron chi connectivity index (χ2n) is 2.80. The Hall–Kier alpha value is -1.25. The van der Waals surface area contributed by atoms with E-state index in [4.69, 9.17) is 22.6 Å². The minimum absolute atomic E-state index is 0.00784. The van der Waals surface area contributed by atoms with Gasteiger partial charge in [-0.2, -0.15) is 5.26 Å². The van der Waals surface area contributed by atoms with Crippen molar-refractivity contribution in [1.82, 2.24) is 4.98 Å². The van der Waals surface area contributed by atoms with Crippen molar-refractivity contribution in [2.75, 3.05) is 0 Å². The number of pyridine rings is 1. The fourth-order valence-electron chi connectivity index (χ4n) is 1.15. The normalized spacial score (nSPS) is 10.4. The molecule has 1 aromatic heterocycles. The molecule has 1 rings (SSSR count). The molecule has 15 heavy (non-hydrogen) atoms. The van der Waals surface area contributed by atoms with Gasteiger partial charge in [0.1, 0.15) is 5.69 Å². The predicted octanol–water partition coefficient (Wildman–Crippen LogP) is 2.20. The fraction of sp³-hybridized carbons (Fsp3) is 0.333. The lowest BCUT2D eigenvalue weighted by Crippen LogP contribution is -2.07. The second kappa shape index (κ2) is 5.01. The molecule has 0 fully saturated rings. The van der Waals surface area contributed by atoms with Gasteiger partial charge in [-0.25, -0.2) is 13.8 Å². The van der Waals surface area contributed by atoms with Crippen LogP contribution in [0.3, 0.4) is 0 Å². The lowest BCUT2D eigenvalue weighted by atomic mass is 10.1. The monoisotopic (exact) mass is 231 g/mol. The van der Waals surface area contributed by atoms with E-state index in [-0.39, 0.29) is 23.7 Å². The number of hydrogen-bond donors (Lipinski definition) is 1. The summed E-state index contributed by atoms with van der Waals surface area (Å²) in [6.07, 6.45) is -2.68. The van der Waals surface area contributed by atoms with Crippen molar-refractivity contribution in [3.8, 4) is 6.07 Å². The van der Waals surface area contributed by atoms with Crippen LogP contribution in [0.15, 0.2) is 6.07 Å². The van der Waals surface area contributed by atoms with Crippen molar-refractivity contribution >= 4 is 11.6 Å². The molecule has 0 spiro atoms. The highest BCUT2D eigenvalue weighted by atomic mass is 35.5. The van der Waals surface area contributed by atoms with E-state index in [1.165, 1.54) is 6.07 Å². The van der Waals surface area contributed by atoms with Crippen molar-refractivity contribution < 1.29 is 8.78 Å². The van der Waals surface area contributed by atoms with E-state index < -0.39 is 12.1 Å². The average molecular weight is 232 g/mol. The van der Waals surface area contributed by atoms with Crippen LogP contribution in [0, 0.1) is 11.3 Å². The highest BCUT2D eigenvalue weighted by Crippen LogP contribution is 2.27. The number of nitrogens with zero attached hydrogens (tertiary/aromatic N) is 2. The van der Waals surface area contributed by atoms with E-state index >= 15 is 0 Å². The molecule has 80 valence electrons. The first-order valence-corrected chi connectivity index (χ1v) is 4.51. The minimum Gasteiger partial charge on any atom is -0.325 e. The Morgan fingerprint density at radius 3 is 2.73 bits per heavy atom. The Morgan fingerprint density at radius 1 is 1.60 bits per heavy atom. The van der Waals surface area contributed by atoms with Crippen LogP contribution in [0.2, 0.25) is 5.02 Å². The zero-order valence-electron chi connectivity index (χ0n) is 7.67. The number of alkyl halides is 2. The van der Waals surface area contributed by atoms with E-state index in [1.807, 2.05) is 6.07 Å². The van der Waals surface area contributed by atoms with Gasteiger partial charge in [0.2, 0.25) is 0 Å². The van der Waals surface area contributed by atoms with Gasteiger partial charge in [-0.05, 0) is 11.6 Å². The Kier molecular flexibility index (Phi) is 3.95. The summed E-state index contributed by atoms with van der Waals surface area (Å²) < 4.78 is 24.8. The van der Waals surface area contributed by atoms with Gasteiger partial charge in [-0.1, -0.05) is 11.6 Å². The number of halogens is 3.